The number of hydrogen-bond donors (Lipinski definition) is 1. The number of amides is 2. The van der Waals surface area contributed by atoms with E-state index in [1.165, 1.54) is 17.0 Å². The standard InChI is InChI=1S/C17H24ClFN2O3/c1-17(2,3)24-16(23)20-10-6-9-15(22)21(4)11-12-13(18)7-5-8-14(12)19/h5,7-8H,6,9-11H2,1-4H3,(H,20,23). The van der Waals surface area contributed by atoms with Gasteiger partial charge in [0.1, 0.15) is 11.4 Å². The van der Waals surface area contributed by atoms with Crippen molar-refractivity contribution >= 4 is 23.6 Å². The Morgan fingerprint density at radius 3 is 2.58 bits per heavy atom. The van der Waals surface area contributed by atoms with Crippen LogP contribution in [0.25, 0.3) is 0 Å². The van der Waals surface area contributed by atoms with E-state index < -0.39 is 17.5 Å². The summed E-state index contributed by atoms with van der Waals surface area (Å²) < 4.78 is 18.8. The van der Waals surface area contributed by atoms with Crippen molar-refractivity contribution in [2.75, 3.05) is 13.6 Å². The number of nitrogens with one attached hydrogen (secondary N) is 1. The quantitative estimate of drug-likeness (QED) is 0.788. The molecule has 0 aromatic heterocycles. The summed E-state index contributed by atoms with van der Waals surface area (Å²) in [5, 5.41) is 2.88. The molecule has 1 N–H and O–H groups in total. The third kappa shape index (κ3) is 7.17. The summed E-state index contributed by atoms with van der Waals surface area (Å²) in [6.45, 7) is 5.76. The van der Waals surface area contributed by atoms with Crippen molar-refractivity contribution in [1.29, 1.82) is 0 Å². The van der Waals surface area contributed by atoms with E-state index in [1.807, 2.05) is 0 Å². The molecule has 0 atom stereocenters. The first-order chi connectivity index (χ1) is 11.1. The maximum absolute atomic E-state index is 13.7. The number of rotatable bonds is 6. The topological polar surface area (TPSA) is 58.6 Å². The largest absolute Gasteiger partial charge is 0.444 e. The van der Waals surface area contributed by atoms with Crippen LogP contribution in [0.4, 0.5) is 9.18 Å². The van der Waals surface area contributed by atoms with E-state index in [-0.39, 0.29) is 18.9 Å². The molecule has 134 valence electrons. The number of benzene rings is 1. The SMILES string of the molecule is CN(Cc1c(F)cccc1Cl)C(=O)CCCNC(=O)OC(C)(C)C. The van der Waals surface area contributed by atoms with Crippen LogP contribution in [0.15, 0.2) is 18.2 Å². The van der Waals surface area contributed by atoms with Gasteiger partial charge in [0.05, 0.1) is 0 Å². The van der Waals surface area contributed by atoms with E-state index in [1.54, 1.807) is 33.9 Å². The van der Waals surface area contributed by atoms with Crippen LogP contribution in [-0.4, -0.2) is 36.1 Å². The molecule has 0 fully saturated rings. The maximum Gasteiger partial charge on any atom is 0.407 e. The highest BCUT2D eigenvalue weighted by Gasteiger charge is 2.16. The van der Waals surface area contributed by atoms with E-state index >= 15 is 0 Å². The number of alkyl carbamates (subject to hydrolysis) is 1. The molecule has 0 unspecified atom stereocenters. The fourth-order valence-electron chi connectivity index (χ4n) is 1.94. The van der Waals surface area contributed by atoms with Gasteiger partial charge < -0.3 is 15.0 Å². The van der Waals surface area contributed by atoms with Gasteiger partial charge in [-0.15, -0.1) is 0 Å². The second-order valence-corrected chi connectivity index (χ2v) is 6.89. The summed E-state index contributed by atoms with van der Waals surface area (Å²) >= 11 is 5.95. The number of carbonyl (C=O) groups excluding carboxylic acids is 2. The van der Waals surface area contributed by atoms with Crippen LogP contribution in [0, 0.1) is 5.82 Å². The first-order valence-electron chi connectivity index (χ1n) is 7.74. The van der Waals surface area contributed by atoms with Gasteiger partial charge >= 0.3 is 6.09 Å². The predicted molar refractivity (Wildman–Crippen MR) is 91.4 cm³/mol. The Morgan fingerprint density at radius 1 is 1.33 bits per heavy atom. The average Bonchev–Trinajstić information content (AvgIpc) is 2.45. The fraction of sp³-hybridized carbons (Fsp3) is 0.529. The summed E-state index contributed by atoms with van der Waals surface area (Å²) in [5.41, 5.74) is -0.263. The van der Waals surface area contributed by atoms with Gasteiger partial charge in [-0.05, 0) is 39.3 Å². The van der Waals surface area contributed by atoms with Crippen LogP contribution < -0.4 is 5.32 Å². The summed E-state index contributed by atoms with van der Waals surface area (Å²) in [5.74, 6) is -0.589. The zero-order valence-electron chi connectivity index (χ0n) is 14.5. The highest BCUT2D eigenvalue weighted by molar-refractivity contribution is 6.31. The smallest absolute Gasteiger partial charge is 0.407 e. The lowest BCUT2D eigenvalue weighted by atomic mass is 10.2. The van der Waals surface area contributed by atoms with Crippen molar-refractivity contribution in [3.05, 3.63) is 34.6 Å². The van der Waals surface area contributed by atoms with Crippen molar-refractivity contribution in [2.45, 2.75) is 45.8 Å². The van der Waals surface area contributed by atoms with Gasteiger partial charge in [-0.2, -0.15) is 0 Å². The van der Waals surface area contributed by atoms with E-state index in [9.17, 15) is 14.0 Å². The summed E-state index contributed by atoms with van der Waals surface area (Å²) in [4.78, 5) is 24.9. The van der Waals surface area contributed by atoms with Crippen molar-refractivity contribution in [3.63, 3.8) is 0 Å². The molecule has 7 heteroatoms. The molecule has 1 rings (SSSR count). The highest BCUT2D eigenvalue weighted by Crippen LogP contribution is 2.20. The Bertz CT molecular complexity index is 567. The second-order valence-electron chi connectivity index (χ2n) is 6.48. The minimum Gasteiger partial charge on any atom is -0.444 e. The van der Waals surface area contributed by atoms with Crippen molar-refractivity contribution in [1.82, 2.24) is 10.2 Å². The van der Waals surface area contributed by atoms with Crippen molar-refractivity contribution < 1.29 is 18.7 Å². The lowest BCUT2D eigenvalue weighted by Gasteiger charge is -2.20. The third-order valence-electron chi connectivity index (χ3n) is 3.12. The third-order valence-corrected chi connectivity index (χ3v) is 3.47. The average molecular weight is 359 g/mol. The predicted octanol–water partition coefficient (Wildman–Crippen LogP) is 3.74. The molecule has 0 heterocycles. The van der Waals surface area contributed by atoms with Crippen LogP contribution in [0.3, 0.4) is 0 Å². The van der Waals surface area contributed by atoms with E-state index in [4.69, 9.17) is 16.3 Å². The summed E-state index contributed by atoms with van der Waals surface area (Å²) in [6, 6.07) is 4.42. The van der Waals surface area contributed by atoms with Gasteiger partial charge in [0.15, 0.2) is 0 Å². The zero-order valence-corrected chi connectivity index (χ0v) is 15.2. The Balaban J connectivity index is 2.36. The van der Waals surface area contributed by atoms with Gasteiger partial charge in [-0.1, -0.05) is 17.7 Å². The Labute approximate surface area is 147 Å². The Kier molecular flexibility index (Phi) is 7.48. The first-order valence-corrected chi connectivity index (χ1v) is 8.11. The first kappa shape index (κ1) is 20.2. The lowest BCUT2D eigenvalue weighted by Crippen LogP contribution is -2.33. The number of nitrogens with zero attached hydrogens (tertiary/aromatic N) is 1. The van der Waals surface area contributed by atoms with E-state index in [2.05, 4.69) is 5.32 Å². The minimum atomic E-state index is -0.556. The molecule has 0 spiro atoms. The molecule has 5 nitrogen and oxygen atoms in total. The molecule has 24 heavy (non-hydrogen) atoms. The lowest BCUT2D eigenvalue weighted by molar-refractivity contribution is -0.130. The highest BCUT2D eigenvalue weighted by atomic mass is 35.5. The maximum atomic E-state index is 13.7. The molecule has 0 aliphatic carbocycles. The molecule has 1 aromatic carbocycles. The van der Waals surface area contributed by atoms with Crippen molar-refractivity contribution in [2.24, 2.45) is 0 Å². The molecular weight excluding hydrogens is 335 g/mol. The van der Waals surface area contributed by atoms with Crippen LogP contribution >= 0.6 is 11.6 Å². The monoisotopic (exact) mass is 358 g/mol. The second kappa shape index (κ2) is 8.87. The van der Waals surface area contributed by atoms with Crippen molar-refractivity contribution in [3.8, 4) is 0 Å². The van der Waals surface area contributed by atoms with Crippen LogP contribution in [-0.2, 0) is 16.1 Å². The van der Waals surface area contributed by atoms with E-state index in [0.717, 1.165) is 0 Å². The van der Waals surface area contributed by atoms with Gasteiger partial charge in [-0.25, -0.2) is 9.18 Å². The molecule has 2 amide bonds. The number of hydrogen-bond acceptors (Lipinski definition) is 3. The number of ether oxygens (including phenoxy) is 1. The molecule has 0 aliphatic rings. The van der Waals surface area contributed by atoms with Crippen LogP contribution in [0.2, 0.25) is 5.02 Å². The Morgan fingerprint density at radius 2 is 2.00 bits per heavy atom. The summed E-state index contributed by atoms with van der Waals surface area (Å²) in [7, 11) is 1.59. The molecule has 0 aliphatic heterocycles. The van der Waals surface area contributed by atoms with Crippen LogP contribution in [0.1, 0.15) is 39.2 Å². The van der Waals surface area contributed by atoms with Gasteiger partial charge in [-0.3, -0.25) is 4.79 Å². The number of carbonyl (C=O) groups is 2. The number of halogens is 2. The molecule has 0 bridgehead atoms. The molecular formula is C17H24ClFN2O3. The van der Waals surface area contributed by atoms with Gasteiger partial charge in [0.25, 0.3) is 0 Å². The molecule has 0 saturated heterocycles. The van der Waals surface area contributed by atoms with Crippen LogP contribution in [0.5, 0.6) is 0 Å². The van der Waals surface area contributed by atoms with Gasteiger partial charge in [0.2, 0.25) is 5.91 Å². The summed E-state index contributed by atoms with van der Waals surface area (Å²) in [6.07, 6.45) is 0.188. The molecule has 0 saturated carbocycles. The zero-order chi connectivity index (χ0) is 18.3. The Hall–Kier alpha value is -1.82. The van der Waals surface area contributed by atoms with E-state index in [0.29, 0.717) is 23.6 Å². The molecule has 1 aromatic rings. The normalized spacial score (nSPS) is 11.1. The fourth-order valence-corrected chi connectivity index (χ4v) is 2.17. The minimum absolute atomic E-state index is 0.101. The van der Waals surface area contributed by atoms with Gasteiger partial charge in [0, 0.05) is 37.1 Å². The molecule has 0 radical (unpaired) electrons.